The van der Waals surface area contributed by atoms with Crippen LogP contribution in [0.4, 0.5) is 13.2 Å². The molecule has 1 aliphatic rings. The van der Waals surface area contributed by atoms with E-state index in [4.69, 9.17) is 0 Å². The summed E-state index contributed by atoms with van der Waals surface area (Å²) in [4.78, 5) is 0. The van der Waals surface area contributed by atoms with E-state index in [2.05, 4.69) is 5.32 Å². The van der Waals surface area contributed by atoms with Crippen LogP contribution in [0.1, 0.15) is 31.2 Å². The van der Waals surface area contributed by atoms with Crippen molar-refractivity contribution in [2.75, 3.05) is 0 Å². The van der Waals surface area contributed by atoms with Crippen molar-refractivity contribution in [1.29, 1.82) is 0 Å². The maximum absolute atomic E-state index is 12.5. The zero-order chi connectivity index (χ0) is 13.0. The van der Waals surface area contributed by atoms with E-state index in [-0.39, 0.29) is 18.9 Å². The molecule has 1 saturated carbocycles. The summed E-state index contributed by atoms with van der Waals surface area (Å²) in [5.41, 5.74) is 1.18. The third kappa shape index (κ3) is 3.73. The lowest BCUT2D eigenvalue weighted by Crippen LogP contribution is -2.36. The largest absolute Gasteiger partial charge is 0.391 e. The van der Waals surface area contributed by atoms with E-state index in [0.29, 0.717) is 12.8 Å². The van der Waals surface area contributed by atoms with Crippen LogP contribution in [0.25, 0.3) is 0 Å². The van der Waals surface area contributed by atoms with Crippen molar-refractivity contribution in [3.05, 3.63) is 35.9 Å². The molecular formula is C14H18F3N. The lowest BCUT2D eigenvalue weighted by Gasteiger charge is -2.30. The fraction of sp³-hybridized carbons (Fsp3) is 0.571. The molecule has 0 spiro atoms. The topological polar surface area (TPSA) is 12.0 Å². The van der Waals surface area contributed by atoms with Crippen LogP contribution >= 0.6 is 0 Å². The van der Waals surface area contributed by atoms with Crippen LogP contribution < -0.4 is 5.32 Å². The molecule has 18 heavy (non-hydrogen) atoms. The molecule has 1 aromatic rings. The maximum Gasteiger partial charge on any atom is 0.391 e. The lowest BCUT2D eigenvalue weighted by atomic mass is 9.85. The number of alkyl halides is 3. The predicted octanol–water partition coefficient (Wildman–Crippen LogP) is 3.90. The van der Waals surface area contributed by atoms with Gasteiger partial charge in [-0.25, -0.2) is 0 Å². The number of nitrogens with one attached hydrogen (secondary N) is 1. The van der Waals surface area contributed by atoms with E-state index in [1.54, 1.807) is 0 Å². The molecular weight excluding hydrogens is 239 g/mol. The Morgan fingerprint density at radius 1 is 1.00 bits per heavy atom. The highest BCUT2D eigenvalue weighted by Gasteiger charge is 2.41. The van der Waals surface area contributed by atoms with Crippen LogP contribution in [0.3, 0.4) is 0 Å². The number of halogens is 3. The third-order valence-electron chi connectivity index (χ3n) is 3.63. The molecule has 1 fully saturated rings. The Morgan fingerprint density at radius 2 is 1.61 bits per heavy atom. The summed E-state index contributed by atoms with van der Waals surface area (Å²) in [6, 6.07) is 10.2. The Bertz CT molecular complexity index is 353. The van der Waals surface area contributed by atoms with Crippen molar-refractivity contribution < 1.29 is 13.2 Å². The van der Waals surface area contributed by atoms with Crippen molar-refractivity contribution in [1.82, 2.24) is 5.32 Å². The summed E-state index contributed by atoms with van der Waals surface area (Å²) in [7, 11) is 0. The Kier molecular flexibility index (Phi) is 4.27. The van der Waals surface area contributed by atoms with Crippen LogP contribution in [0.2, 0.25) is 0 Å². The molecule has 0 unspecified atom stereocenters. The second-order valence-corrected chi connectivity index (χ2v) is 4.96. The Labute approximate surface area is 105 Å². The van der Waals surface area contributed by atoms with Gasteiger partial charge in [-0.3, -0.25) is 0 Å². The fourth-order valence-electron chi connectivity index (χ4n) is 2.48. The summed E-state index contributed by atoms with van der Waals surface area (Å²) in [6.07, 6.45) is -2.25. The van der Waals surface area contributed by atoms with Gasteiger partial charge in [0.15, 0.2) is 0 Å². The van der Waals surface area contributed by atoms with Gasteiger partial charge in [-0.15, -0.1) is 0 Å². The summed E-state index contributed by atoms with van der Waals surface area (Å²) in [5.74, 6) is -1.09. The standard InChI is InChI=1S/C14H18F3N/c15-14(16,17)12-6-8-13(9-7-12)18-10-11-4-2-1-3-5-11/h1-5,12-13,18H,6-10H2. The number of benzene rings is 1. The van der Waals surface area contributed by atoms with E-state index in [0.717, 1.165) is 6.54 Å². The molecule has 0 heterocycles. The molecule has 1 aromatic carbocycles. The first-order valence-corrected chi connectivity index (χ1v) is 6.40. The highest BCUT2D eigenvalue weighted by Crippen LogP contribution is 2.37. The molecule has 1 nitrogen and oxygen atoms in total. The Hall–Kier alpha value is -1.03. The molecule has 4 heteroatoms. The average molecular weight is 257 g/mol. The van der Waals surface area contributed by atoms with Gasteiger partial charge in [-0.1, -0.05) is 30.3 Å². The fourth-order valence-corrected chi connectivity index (χ4v) is 2.48. The lowest BCUT2D eigenvalue weighted by molar-refractivity contribution is -0.182. The van der Waals surface area contributed by atoms with Crippen molar-refractivity contribution in [2.45, 2.75) is 44.4 Å². The molecule has 0 radical (unpaired) electrons. The minimum absolute atomic E-state index is 0.226. The first kappa shape index (κ1) is 13.4. The molecule has 100 valence electrons. The van der Waals surface area contributed by atoms with Gasteiger partial charge in [0.05, 0.1) is 5.92 Å². The normalized spacial score (nSPS) is 25.1. The highest BCUT2D eigenvalue weighted by atomic mass is 19.4. The molecule has 1 aliphatic carbocycles. The minimum Gasteiger partial charge on any atom is -0.310 e. The predicted molar refractivity (Wildman–Crippen MR) is 65.1 cm³/mol. The van der Waals surface area contributed by atoms with Crippen molar-refractivity contribution in [3.8, 4) is 0 Å². The van der Waals surface area contributed by atoms with Gasteiger partial charge in [0, 0.05) is 12.6 Å². The van der Waals surface area contributed by atoms with Gasteiger partial charge in [-0.2, -0.15) is 13.2 Å². The Balaban J connectivity index is 1.74. The van der Waals surface area contributed by atoms with Crippen molar-refractivity contribution >= 4 is 0 Å². The molecule has 0 atom stereocenters. The smallest absolute Gasteiger partial charge is 0.310 e. The summed E-state index contributed by atoms with van der Waals surface area (Å²) in [6.45, 7) is 0.738. The van der Waals surface area contributed by atoms with Gasteiger partial charge in [0.25, 0.3) is 0 Å². The van der Waals surface area contributed by atoms with Gasteiger partial charge >= 0.3 is 6.18 Å². The van der Waals surface area contributed by atoms with Crippen LogP contribution in [-0.2, 0) is 6.54 Å². The molecule has 0 amide bonds. The van der Waals surface area contributed by atoms with Crippen LogP contribution in [0.15, 0.2) is 30.3 Å². The van der Waals surface area contributed by atoms with Crippen LogP contribution in [0, 0.1) is 5.92 Å². The number of hydrogen-bond acceptors (Lipinski definition) is 1. The average Bonchev–Trinajstić information content (AvgIpc) is 2.37. The molecule has 1 N–H and O–H groups in total. The monoisotopic (exact) mass is 257 g/mol. The molecule has 0 aromatic heterocycles. The van der Waals surface area contributed by atoms with E-state index in [9.17, 15) is 13.2 Å². The van der Waals surface area contributed by atoms with Crippen molar-refractivity contribution in [2.24, 2.45) is 5.92 Å². The minimum atomic E-state index is -4.01. The SMILES string of the molecule is FC(F)(F)C1CCC(NCc2ccccc2)CC1. The second kappa shape index (κ2) is 5.74. The zero-order valence-electron chi connectivity index (χ0n) is 10.2. The van der Waals surface area contributed by atoms with Gasteiger partial charge in [-0.05, 0) is 31.2 Å². The zero-order valence-corrected chi connectivity index (χ0v) is 10.2. The van der Waals surface area contributed by atoms with Crippen LogP contribution in [-0.4, -0.2) is 12.2 Å². The molecule has 0 bridgehead atoms. The van der Waals surface area contributed by atoms with E-state index in [1.165, 1.54) is 5.56 Å². The third-order valence-corrected chi connectivity index (χ3v) is 3.63. The van der Waals surface area contributed by atoms with Crippen molar-refractivity contribution in [3.63, 3.8) is 0 Å². The molecule has 2 rings (SSSR count). The quantitative estimate of drug-likeness (QED) is 0.866. The van der Waals surface area contributed by atoms with E-state index in [1.807, 2.05) is 30.3 Å². The van der Waals surface area contributed by atoms with Gasteiger partial charge in [0.2, 0.25) is 0 Å². The first-order chi connectivity index (χ1) is 8.55. The summed E-state index contributed by atoms with van der Waals surface area (Å²) in [5, 5.41) is 3.34. The summed E-state index contributed by atoms with van der Waals surface area (Å²) >= 11 is 0. The van der Waals surface area contributed by atoms with Gasteiger partial charge in [0.1, 0.15) is 0 Å². The van der Waals surface area contributed by atoms with Crippen LogP contribution in [0.5, 0.6) is 0 Å². The highest BCUT2D eigenvalue weighted by molar-refractivity contribution is 5.14. The molecule has 0 aliphatic heterocycles. The number of hydrogen-bond donors (Lipinski definition) is 1. The number of rotatable bonds is 3. The summed E-state index contributed by atoms with van der Waals surface area (Å²) < 4.78 is 37.5. The second-order valence-electron chi connectivity index (χ2n) is 4.96. The molecule has 0 saturated heterocycles. The van der Waals surface area contributed by atoms with E-state index >= 15 is 0 Å². The Morgan fingerprint density at radius 3 is 2.17 bits per heavy atom. The van der Waals surface area contributed by atoms with E-state index < -0.39 is 12.1 Å². The van der Waals surface area contributed by atoms with Gasteiger partial charge < -0.3 is 5.32 Å². The maximum atomic E-state index is 12.5. The first-order valence-electron chi connectivity index (χ1n) is 6.40.